The molecule has 3 nitrogen and oxygen atoms in total. The SMILES string of the molecule is NC1COCC1CN1CCc2sccc2C1. The van der Waals surface area contributed by atoms with Crippen LogP contribution in [0.5, 0.6) is 0 Å². The maximum atomic E-state index is 6.02. The summed E-state index contributed by atoms with van der Waals surface area (Å²) >= 11 is 1.89. The Morgan fingerprint density at radius 1 is 1.50 bits per heavy atom. The van der Waals surface area contributed by atoms with Crippen LogP contribution in [-0.2, 0) is 17.7 Å². The van der Waals surface area contributed by atoms with Gasteiger partial charge in [0, 0.05) is 36.5 Å². The molecule has 0 spiro atoms. The maximum absolute atomic E-state index is 6.02. The van der Waals surface area contributed by atoms with E-state index in [9.17, 15) is 0 Å². The van der Waals surface area contributed by atoms with Crippen molar-refractivity contribution in [2.75, 3.05) is 26.3 Å². The Hall–Kier alpha value is -0.420. The first-order chi connectivity index (χ1) is 7.83. The topological polar surface area (TPSA) is 38.5 Å². The Bertz CT molecular complexity index is 366. The van der Waals surface area contributed by atoms with Crippen molar-refractivity contribution in [2.45, 2.75) is 19.0 Å². The van der Waals surface area contributed by atoms with Gasteiger partial charge in [0.25, 0.3) is 0 Å². The fourth-order valence-corrected chi connectivity index (χ4v) is 3.49. The van der Waals surface area contributed by atoms with E-state index in [1.165, 1.54) is 18.5 Å². The molecule has 0 aromatic carbocycles. The van der Waals surface area contributed by atoms with E-state index in [1.807, 2.05) is 11.3 Å². The van der Waals surface area contributed by atoms with Gasteiger partial charge in [-0.2, -0.15) is 0 Å². The minimum atomic E-state index is 0.240. The van der Waals surface area contributed by atoms with Crippen LogP contribution in [-0.4, -0.2) is 37.2 Å². The lowest BCUT2D eigenvalue weighted by atomic mass is 10.0. The van der Waals surface area contributed by atoms with Gasteiger partial charge in [-0.25, -0.2) is 0 Å². The molecule has 0 saturated carbocycles. The maximum Gasteiger partial charge on any atom is 0.0621 e. The average Bonchev–Trinajstić information content (AvgIpc) is 2.88. The van der Waals surface area contributed by atoms with Crippen molar-refractivity contribution in [1.82, 2.24) is 4.90 Å². The van der Waals surface area contributed by atoms with Gasteiger partial charge in [-0.05, 0) is 23.4 Å². The first-order valence-electron chi connectivity index (χ1n) is 5.94. The predicted molar refractivity (Wildman–Crippen MR) is 65.6 cm³/mol. The summed E-state index contributed by atoms with van der Waals surface area (Å²) in [6.45, 7) is 4.95. The normalized spacial score (nSPS) is 30.6. The number of nitrogens with two attached hydrogens (primary N) is 1. The molecule has 3 rings (SSSR count). The van der Waals surface area contributed by atoms with Crippen molar-refractivity contribution in [3.05, 3.63) is 21.9 Å². The van der Waals surface area contributed by atoms with E-state index < -0.39 is 0 Å². The monoisotopic (exact) mass is 238 g/mol. The van der Waals surface area contributed by atoms with E-state index in [0.29, 0.717) is 5.92 Å². The second-order valence-electron chi connectivity index (χ2n) is 4.82. The van der Waals surface area contributed by atoms with Crippen molar-refractivity contribution in [3.63, 3.8) is 0 Å². The van der Waals surface area contributed by atoms with E-state index in [4.69, 9.17) is 10.5 Å². The first-order valence-corrected chi connectivity index (χ1v) is 6.82. The Kier molecular flexibility index (Phi) is 2.98. The molecule has 1 aromatic heterocycles. The largest absolute Gasteiger partial charge is 0.379 e. The summed E-state index contributed by atoms with van der Waals surface area (Å²) in [5, 5.41) is 2.21. The fourth-order valence-electron chi connectivity index (χ4n) is 2.60. The van der Waals surface area contributed by atoms with Crippen molar-refractivity contribution in [2.24, 2.45) is 11.7 Å². The van der Waals surface area contributed by atoms with Crippen LogP contribution in [0.15, 0.2) is 11.4 Å². The molecule has 0 aliphatic carbocycles. The van der Waals surface area contributed by atoms with Gasteiger partial charge >= 0.3 is 0 Å². The van der Waals surface area contributed by atoms with Gasteiger partial charge in [0.1, 0.15) is 0 Å². The Balaban J connectivity index is 1.61. The number of hydrogen-bond donors (Lipinski definition) is 1. The molecule has 0 amide bonds. The van der Waals surface area contributed by atoms with Gasteiger partial charge in [0.2, 0.25) is 0 Å². The lowest BCUT2D eigenvalue weighted by Gasteiger charge is -2.29. The zero-order valence-corrected chi connectivity index (χ0v) is 10.2. The highest BCUT2D eigenvalue weighted by atomic mass is 32.1. The summed E-state index contributed by atoms with van der Waals surface area (Å²) in [6.07, 6.45) is 1.20. The van der Waals surface area contributed by atoms with Crippen LogP contribution in [0, 0.1) is 5.92 Å². The summed E-state index contributed by atoms with van der Waals surface area (Å²) in [5.41, 5.74) is 7.54. The molecule has 0 radical (unpaired) electrons. The average molecular weight is 238 g/mol. The molecule has 1 fully saturated rings. The van der Waals surface area contributed by atoms with E-state index in [2.05, 4.69) is 16.3 Å². The smallest absolute Gasteiger partial charge is 0.0621 e. The summed E-state index contributed by atoms with van der Waals surface area (Å²) in [6, 6.07) is 2.50. The van der Waals surface area contributed by atoms with Crippen molar-refractivity contribution in [1.29, 1.82) is 0 Å². The van der Waals surface area contributed by atoms with E-state index in [0.717, 1.165) is 26.3 Å². The van der Waals surface area contributed by atoms with Crippen LogP contribution in [0.1, 0.15) is 10.4 Å². The van der Waals surface area contributed by atoms with Gasteiger partial charge in [0.05, 0.1) is 13.2 Å². The highest BCUT2D eigenvalue weighted by molar-refractivity contribution is 7.10. The zero-order chi connectivity index (χ0) is 11.0. The Morgan fingerprint density at radius 3 is 3.25 bits per heavy atom. The third-order valence-corrected chi connectivity index (χ3v) is 4.65. The highest BCUT2D eigenvalue weighted by Gasteiger charge is 2.28. The number of fused-ring (bicyclic) bond motifs is 1. The minimum absolute atomic E-state index is 0.240. The molecule has 3 heterocycles. The number of ether oxygens (including phenoxy) is 1. The number of nitrogens with zero attached hydrogens (tertiary/aromatic N) is 1. The van der Waals surface area contributed by atoms with Crippen molar-refractivity contribution >= 4 is 11.3 Å². The highest BCUT2D eigenvalue weighted by Crippen LogP contribution is 2.25. The molecule has 0 bridgehead atoms. The Labute approximate surface area is 100 Å². The van der Waals surface area contributed by atoms with Crippen LogP contribution in [0.25, 0.3) is 0 Å². The van der Waals surface area contributed by atoms with Crippen LogP contribution >= 0.6 is 11.3 Å². The summed E-state index contributed by atoms with van der Waals surface area (Å²) in [5.74, 6) is 0.528. The lowest BCUT2D eigenvalue weighted by molar-refractivity contribution is 0.162. The Morgan fingerprint density at radius 2 is 2.44 bits per heavy atom. The molecule has 16 heavy (non-hydrogen) atoms. The predicted octanol–water partition coefficient (Wildman–Crippen LogP) is 1.08. The molecule has 4 heteroatoms. The third kappa shape index (κ3) is 2.02. The lowest BCUT2D eigenvalue weighted by Crippen LogP contribution is -2.40. The quantitative estimate of drug-likeness (QED) is 0.838. The summed E-state index contributed by atoms with van der Waals surface area (Å²) in [7, 11) is 0. The molecular formula is C12H18N2OS. The van der Waals surface area contributed by atoms with Crippen LogP contribution in [0.2, 0.25) is 0 Å². The van der Waals surface area contributed by atoms with Crippen LogP contribution in [0.3, 0.4) is 0 Å². The summed E-state index contributed by atoms with van der Waals surface area (Å²) < 4.78 is 5.42. The van der Waals surface area contributed by atoms with Crippen molar-refractivity contribution in [3.8, 4) is 0 Å². The van der Waals surface area contributed by atoms with Gasteiger partial charge in [0.15, 0.2) is 0 Å². The van der Waals surface area contributed by atoms with E-state index >= 15 is 0 Å². The zero-order valence-electron chi connectivity index (χ0n) is 9.39. The summed E-state index contributed by atoms with van der Waals surface area (Å²) in [4.78, 5) is 4.09. The second-order valence-corrected chi connectivity index (χ2v) is 5.82. The number of thiophene rings is 1. The molecule has 88 valence electrons. The number of rotatable bonds is 2. The molecule has 2 aliphatic heterocycles. The molecule has 1 saturated heterocycles. The molecule has 2 aliphatic rings. The van der Waals surface area contributed by atoms with E-state index in [-0.39, 0.29) is 6.04 Å². The van der Waals surface area contributed by atoms with Crippen LogP contribution in [0.4, 0.5) is 0 Å². The van der Waals surface area contributed by atoms with Gasteiger partial charge < -0.3 is 10.5 Å². The van der Waals surface area contributed by atoms with Crippen molar-refractivity contribution < 1.29 is 4.74 Å². The second kappa shape index (κ2) is 4.45. The molecule has 2 unspecified atom stereocenters. The molecule has 2 atom stereocenters. The van der Waals surface area contributed by atoms with Gasteiger partial charge in [-0.1, -0.05) is 0 Å². The van der Waals surface area contributed by atoms with Crippen LogP contribution < -0.4 is 5.73 Å². The first kappa shape index (κ1) is 10.7. The fraction of sp³-hybridized carbons (Fsp3) is 0.667. The number of hydrogen-bond acceptors (Lipinski definition) is 4. The van der Waals surface area contributed by atoms with Gasteiger partial charge in [-0.15, -0.1) is 11.3 Å². The van der Waals surface area contributed by atoms with Gasteiger partial charge in [-0.3, -0.25) is 4.90 Å². The molecule has 1 aromatic rings. The minimum Gasteiger partial charge on any atom is -0.379 e. The molecular weight excluding hydrogens is 220 g/mol. The standard InChI is InChI=1S/C12H18N2OS/c13-11-8-15-7-10(11)6-14-3-1-12-9(5-14)2-4-16-12/h2,4,10-11H,1,3,5-8,13H2. The third-order valence-electron chi connectivity index (χ3n) is 3.63. The molecule has 2 N–H and O–H groups in total. The van der Waals surface area contributed by atoms with E-state index in [1.54, 1.807) is 4.88 Å².